The molecule has 0 bridgehead atoms. The molecule has 0 fully saturated rings. The van der Waals surface area contributed by atoms with Crippen molar-refractivity contribution in [1.29, 1.82) is 0 Å². The van der Waals surface area contributed by atoms with Gasteiger partial charge in [0, 0.05) is 16.0 Å². The molecule has 0 heterocycles. The summed E-state index contributed by atoms with van der Waals surface area (Å²) < 4.78 is 68.9. The molecule has 0 saturated heterocycles. The van der Waals surface area contributed by atoms with Gasteiger partial charge in [0.1, 0.15) is 5.75 Å². The maximum Gasteiger partial charge on any atom is 0.416 e. The molecule has 29 heavy (non-hydrogen) atoms. The quantitative estimate of drug-likeness (QED) is 0.390. The number of hydrogen-bond acceptors (Lipinski definition) is 3. The second-order valence-corrected chi connectivity index (χ2v) is 7.38. The third kappa shape index (κ3) is 3.36. The van der Waals surface area contributed by atoms with E-state index in [1.165, 1.54) is 25.3 Å². The number of methoxy groups -OCH3 is 1. The lowest BCUT2D eigenvalue weighted by Gasteiger charge is -2.20. The number of benzene rings is 4. The maximum absolute atomic E-state index is 13.2. The summed E-state index contributed by atoms with van der Waals surface area (Å²) >= 11 is -2.55. The van der Waals surface area contributed by atoms with Gasteiger partial charge in [-0.05, 0) is 56.9 Å². The third-order valence-electron chi connectivity index (χ3n) is 4.85. The predicted octanol–water partition coefficient (Wildman–Crippen LogP) is 5.93. The first-order chi connectivity index (χ1) is 13.8. The molecule has 4 aromatic rings. The average molecular weight is 415 g/mol. The van der Waals surface area contributed by atoms with E-state index in [1.807, 2.05) is 12.1 Å². The molecule has 0 aliphatic heterocycles. The van der Waals surface area contributed by atoms with Crippen LogP contribution in [0.4, 0.5) is 13.2 Å². The second kappa shape index (κ2) is 7.17. The highest BCUT2D eigenvalue weighted by atomic mass is 32.2. The molecule has 0 spiro atoms. The van der Waals surface area contributed by atoms with E-state index >= 15 is 0 Å². The van der Waals surface area contributed by atoms with Gasteiger partial charge in [-0.25, -0.2) is 0 Å². The normalized spacial score (nSPS) is 13.0. The molecule has 0 amide bonds. The van der Waals surface area contributed by atoms with Gasteiger partial charge in [0.2, 0.25) is 0 Å². The molecule has 0 radical (unpaired) electrons. The summed E-state index contributed by atoms with van der Waals surface area (Å²) in [6, 6.07) is 16.9. The van der Waals surface area contributed by atoms with Crippen LogP contribution in [-0.4, -0.2) is 15.9 Å². The molecule has 0 aliphatic carbocycles. The van der Waals surface area contributed by atoms with Crippen LogP contribution < -0.4 is 4.74 Å². The van der Waals surface area contributed by atoms with Crippen molar-refractivity contribution in [3.05, 3.63) is 72.3 Å². The Morgan fingerprint density at radius 1 is 0.862 bits per heavy atom. The highest BCUT2D eigenvalue weighted by Crippen LogP contribution is 2.44. The fourth-order valence-electron chi connectivity index (χ4n) is 3.56. The van der Waals surface area contributed by atoms with Crippen molar-refractivity contribution in [2.75, 3.05) is 7.11 Å². The Morgan fingerprint density at radius 3 is 2.24 bits per heavy atom. The van der Waals surface area contributed by atoms with Crippen LogP contribution >= 0.6 is 0 Å². The molecule has 0 N–H and O–H groups in total. The highest BCUT2D eigenvalue weighted by molar-refractivity contribution is 7.79. The highest BCUT2D eigenvalue weighted by Gasteiger charge is 2.31. The van der Waals surface area contributed by atoms with Crippen molar-refractivity contribution in [2.24, 2.45) is 0 Å². The van der Waals surface area contributed by atoms with E-state index in [9.17, 15) is 21.9 Å². The zero-order valence-electron chi connectivity index (χ0n) is 15.1. The van der Waals surface area contributed by atoms with E-state index in [0.717, 1.165) is 17.5 Å². The Morgan fingerprint density at radius 2 is 1.55 bits per heavy atom. The molecular formula is C22H14F3O3S-. The van der Waals surface area contributed by atoms with Crippen molar-refractivity contribution in [2.45, 2.75) is 11.1 Å². The van der Waals surface area contributed by atoms with Crippen LogP contribution in [0, 0.1) is 0 Å². The maximum atomic E-state index is 13.2. The van der Waals surface area contributed by atoms with E-state index in [-0.39, 0.29) is 4.90 Å². The first-order valence-corrected chi connectivity index (χ1v) is 9.68. The molecule has 7 heteroatoms. The second-order valence-electron chi connectivity index (χ2n) is 6.47. The smallest absolute Gasteiger partial charge is 0.416 e. The molecule has 1 unspecified atom stereocenters. The third-order valence-corrected chi connectivity index (χ3v) is 5.55. The van der Waals surface area contributed by atoms with Crippen molar-refractivity contribution < 1.29 is 26.7 Å². The summed E-state index contributed by atoms with van der Waals surface area (Å²) in [5, 5.41) is 2.29. The van der Waals surface area contributed by atoms with Crippen molar-refractivity contribution in [1.82, 2.24) is 0 Å². The first-order valence-electron chi connectivity index (χ1n) is 8.60. The fourth-order valence-corrected chi connectivity index (χ4v) is 4.12. The zero-order chi connectivity index (χ0) is 20.8. The largest absolute Gasteiger partial charge is 0.768 e. The minimum absolute atomic E-state index is 0.0504. The lowest BCUT2D eigenvalue weighted by atomic mass is 9.92. The van der Waals surface area contributed by atoms with Crippen LogP contribution in [0.25, 0.3) is 32.7 Å². The molecule has 4 aromatic carbocycles. The van der Waals surface area contributed by atoms with Crippen molar-refractivity contribution >= 4 is 32.6 Å². The van der Waals surface area contributed by atoms with E-state index in [0.29, 0.717) is 33.0 Å². The van der Waals surface area contributed by atoms with Gasteiger partial charge in [-0.15, -0.1) is 0 Å². The van der Waals surface area contributed by atoms with Crippen LogP contribution in [-0.2, 0) is 17.3 Å². The minimum Gasteiger partial charge on any atom is -0.768 e. The summed E-state index contributed by atoms with van der Waals surface area (Å²) in [5.74, 6) is 0.375. The number of halogens is 3. The number of hydrogen-bond donors (Lipinski definition) is 0. The Bertz CT molecular complexity index is 1270. The lowest BCUT2D eigenvalue weighted by molar-refractivity contribution is -0.137. The Labute approximate surface area is 167 Å². The molecule has 0 aromatic heterocycles. The van der Waals surface area contributed by atoms with E-state index in [4.69, 9.17) is 4.74 Å². The van der Waals surface area contributed by atoms with Crippen LogP contribution in [0.5, 0.6) is 5.75 Å². The lowest BCUT2D eigenvalue weighted by Crippen LogP contribution is -2.04. The van der Waals surface area contributed by atoms with E-state index < -0.39 is 22.8 Å². The van der Waals surface area contributed by atoms with Gasteiger partial charge < -0.3 is 9.29 Å². The van der Waals surface area contributed by atoms with Gasteiger partial charge in [-0.2, -0.15) is 13.2 Å². The standard InChI is InChI=1S/C22H15F3O3S/c1-28-18-10-6-14-12-15(22(23,24)25)8-9-17(14)20(18)21-16-5-3-2-4-13(16)7-11-19(21)29(26)27/h2-12H,1H3,(H,26,27)/p-1. The summed E-state index contributed by atoms with van der Waals surface area (Å²) in [6.07, 6.45) is -4.48. The van der Waals surface area contributed by atoms with Gasteiger partial charge in [0.25, 0.3) is 0 Å². The van der Waals surface area contributed by atoms with Crippen LogP contribution in [0.2, 0.25) is 0 Å². The number of fused-ring (bicyclic) bond motifs is 2. The topological polar surface area (TPSA) is 49.4 Å². The van der Waals surface area contributed by atoms with Gasteiger partial charge in [0.15, 0.2) is 0 Å². The number of ether oxygens (including phenoxy) is 1. The van der Waals surface area contributed by atoms with Crippen LogP contribution in [0.15, 0.2) is 71.6 Å². The Balaban J connectivity index is 2.16. The fraction of sp³-hybridized carbons (Fsp3) is 0.0909. The van der Waals surface area contributed by atoms with Crippen LogP contribution in [0.1, 0.15) is 5.56 Å². The summed E-state index contributed by atoms with van der Waals surface area (Å²) in [7, 11) is 1.44. The molecule has 3 nitrogen and oxygen atoms in total. The SMILES string of the molecule is COc1ccc2cc(C(F)(F)F)ccc2c1-c1c(S(=O)[O-])ccc2ccccc12. The molecule has 0 saturated carbocycles. The molecular weight excluding hydrogens is 401 g/mol. The van der Waals surface area contributed by atoms with Gasteiger partial charge in [0.05, 0.1) is 12.7 Å². The van der Waals surface area contributed by atoms with Gasteiger partial charge >= 0.3 is 6.18 Å². The Kier molecular flexibility index (Phi) is 4.80. The minimum atomic E-state index is -4.48. The summed E-state index contributed by atoms with van der Waals surface area (Å²) in [5.41, 5.74) is 0.0695. The summed E-state index contributed by atoms with van der Waals surface area (Å²) in [6.45, 7) is 0. The zero-order valence-corrected chi connectivity index (χ0v) is 15.9. The van der Waals surface area contributed by atoms with E-state index in [1.54, 1.807) is 24.3 Å². The molecule has 148 valence electrons. The molecule has 4 rings (SSSR count). The van der Waals surface area contributed by atoms with Gasteiger partial charge in [-0.1, -0.05) is 42.5 Å². The first kappa shape index (κ1) is 19.4. The predicted molar refractivity (Wildman–Crippen MR) is 106 cm³/mol. The van der Waals surface area contributed by atoms with Crippen molar-refractivity contribution in [3.8, 4) is 16.9 Å². The van der Waals surface area contributed by atoms with E-state index in [2.05, 4.69) is 0 Å². The summed E-state index contributed by atoms with van der Waals surface area (Å²) in [4.78, 5) is 0.0504. The van der Waals surface area contributed by atoms with Crippen LogP contribution in [0.3, 0.4) is 0 Å². The monoisotopic (exact) mass is 415 g/mol. The molecule has 1 atom stereocenters. The van der Waals surface area contributed by atoms with Gasteiger partial charge in [-0.3, -0.25) is 4.21 Å². The average Bonchev–Trinajstić information content (AvgIpc) is 2.70. The van der Waals surface area contributed by atoms with Crippen molar-refractivity contribution in [3.63, 3.8) is 0 Å². The number of rotatable bonds is 3. The number of alkyl halides is 3. The molecule has 0 aliphatic rings. The Hall–Kier alpha value is -2.90.